The molecule has 0 unspecified atom stereocenters. The third-order valence-corrected chi connectivity index (χ3v) is 4.85. The number of aryl methyl sites for hydroxylation is 3. The Morgan fingerprint density at radius 1 is 1.08 bits per heavy atom. The van der Waals surface area contributed by atoms with Gasteiger partial charge in [0.05, 0.1) is 0 Å². The number of ketones is 1. The topological polar surface area (TPSA) is 60.7 Å². The van der Waals surface area contributed by atoms with Crippen molar-refractivity contribution >= 4 is 5.78 Å². The molecule has 0 fully saturated rings. The van der Waals surface area contributed by atoms with Gasteiger partial charge in [-0.3, -0.25) is 4.79 Å². The van der Waals surface area contributed by atoms with Crippen LogP contribution >= 0.6 is 0 Å². The number of rotatable bonds is 4. The molecule has 25 heavy (non-hydrogen) atoms. The third-order valence-electron chi connectivity index (χ3n) is 4.85. The normalized spacial score (nSPS) is 14.3. The Balaban J connectivity index is 1.57. The number of carbonyl (C=O) groups excluding carboxylic acids is 1. The highest BCUT2D eigenvalue weighted by molar-refractivity contribution is 5.98. The van der Waals surface area contributed by atoms with Gasteiger partial charge in [0.25, 0.3) is 0 Å². The summed E-state index contributed by atoms with van der Waals surface area (Å²) in [7, 11) is 0. The molecular weight excluding hydrogens is 312 g/mol. The lowest BCUT2D eigenvalue weighted by molar-refractivity contribution is 0.0918. The van der Waals surface area contributed by atoms with Gasteiger partial charge in [-0.2, -0.15) is 4.80 Å². The molecule has 126 valence electrons. The van der Waals surface area contributed by atoms with Crippen molar-refractivity contribution in [3.05, 3.63) is 64.7 Å². The Morgan fingerprint density at radius 2 is 1.84 bits per heavy atom. The fraction of sp³-hybridized carbons (Fsp3) is 0.300. The monoisotopic (exact) mass is 332 g/mol. The molecule has 5 nitrogen and oxygen atoms in total. The molecule has 1 heterocycles. The van der Waals surface area contributed by atoms with Crippen molar-refractivity contribution in [2.24, 2.45) is 0 Å². The highest BCUT2D eigenvalue weighted by Gasteiger charge is 2.22. The minimum atomic E-state index is -0.480. The molecule has 1 atom stereocenters. The summed E-state index contributed by atoms with van der Waals surface area (Å²) in [5.74, 6) is 0.552. The number of aromatic nitrogens is 4. The molecular formula is C20H20N4O. The zero-order valence-electron chi connectivity index (χ0n) is 14.4. The van der Waals surface area contributed by atoms with Crippen LogP contribution in [0.1, 0.15) is 46.4 Å². The summed E-state index contributed by atoms with van der Waals surface area (Å²) >= 11 is 0. The van der Waals surface area contributed by atoms with Gasteiger partial charge in [-0.25, -0.2) is 0 Å². The van der Waals surface area contributed by atoms with E-state index in [1.165, 1.54) is 27.9 Å². The van der Waals surface area contributed by atoms with E-state index < -0.39 is 6.04 Å². The fourth-order valence-electron chi connectivity index (χ4n) is 3.28. The fourth-order valence-corrected chi connectivity index (χ4v) is 3.28. The number of benzene rings is 2. The van der Waals surface area contributed by atoms with Crippen LogP contribution in [0.2, 0.25) is 0 Å². The zero-order chi connectivity index (χ0) is 17.4. The van der Waals surface area contributed by atoms with Crippen LogP contribution in [0.25, 0.3) is 11.4 Å². The van der Waals surface area contributed by atoms with Crippen LogP contribution in [0.4, 0.5) is 0 Å². The lowest BCUT2D eigenvalue weighted by Gasteiger charge is -2.10. The predicted octanol–water partition coefficient (Wildman–Crippen LogP) is 3.58. The first-order valence-corrected chi connectivity index (χ1v) is 8.64. The average molecular weight is 332 g/mol. The van der Waals surface area contributed by atoms with Gasteiger partial charge in [0, 0.05) is 11.1 Å². The van der Waals surface area contributed by atoms with Crippen molar-refractivity contribution in [2.75, 3.05) is 0 Å². The van der Waals surface area contributed by atoms with Gasteiger partial charge in [0.1, 0.15) is 6.04 Å². The molecule has 4 rings (SSSR count). The van der Waals surface area contributed by atoms with Crippen LogP contribution in [0.3, 0.4) is 0 Å². The summed E-state index contributed by atoms with van der Waals surface area (Å²) in [6, 6.07) is 13.5. The molecule has 0 N–H and O–H groups in total. The van der Waals surface area contributed by atoms with Crippen molar-refractivity contribution in [1.82, 2.24) is 20.2 Å². The van der Waals surface area contributed by atoms with E-state index in [2.05, 4.69) is 21.5 Å². The van der Waals surface area contributed by atoms with Crippen LogP contribution < -0.4 is 0 Å². The number of hydrogen-bond acceptors (Lipinski definition) is 4. The lowest BCUT2D eigenvalue weighted by Crippen LogP contribution is -2.19. The van der Waals surface area contributed by atoms with E-state index >= 15 is 0 Å². The summed E-state index contributed by atoms with van der Waals surface area (Å²) in [6.45, 7) is 3.85. The Morgan fingerprint density at radius 3 is 2.64 bits per heavy atom. The quantitative estimate of drug-likeness (QED) is 0.685. The zero-order valence-corrected chi connectivity index (χ0v) is 14.4. The number of hydrogen-bond donors (Lipinski definition) is 0. The Labute approximate surface area is 146 Å². The minimum Gasteiger partial charge on any atom is -0.292 e. The molecule has 1 aliphatic rings. The molecule has 0 saturated heterocycles. The smallest absolute Gasteiger partial charge is 0.204 e. The molecule has 0 aliphatic heterocycles. The van der Waals surface area contributed by atoms with E-state index in [-0.39, 0.29) is 5.78 Å². The van der Waals surface area contributed by atoms with Gasteiger partial charge in [0.15, 0.2) is 5.78 Å². The molecule has 5 heteroatoms. The molecule has 3 aromatic rings. The molecule has 0 saturated carbocycles. The van der Waals surface area contributed by atoms with E-state index in [4.69, 9.17) is 0 Å². The van der Waals surface area contributed by atoms with Crippen LogP contribution in [0.15, 0.2) is 42.5 Å². The van der Waals surface area contributed by atoms with E-state index in [1.54, 1.807) is 0 Å². The Hall–Kier alpha value is -2.82. The largest absolute Gasteiger partial charge is 0.292 e. The Bertz CT molecular complexity index is 927. The minimum absolute atomic E-state index is 0.0163. The summed E-state index contributed by atoms with van der Waals surface area (Å²) in [4.78, 5) is 14.2. The second kappa shape index (κ2) is 6.24. The standard InChI is InChI=1S/C20H20N4O/c1-13-6-8-16(9-7-13)20-21-23-24(22-20)14(2)19(25)18-11-10-15-4-3-5-17(15)12-18/h6-12,14H,3-5H2,1-2H3/t14-/m0/s1. The van der Waals surface area contributed by atoms with Crippen molar-refractivity contribution in [3.8, 4) is 11.4 Å². The van der Waals surface area contributed by atoms with Gasteiger partial charge in [-0.1, -0.05) is 42.0 Å². The molecule has 1 aromatic heterocycles. The SMILES string of the molecule is Cc1ccc(-c2nnn([C@@H](C)C(=O)c3ccc4c(c3)CCC4)n2)cc1. The maximum Gasteiger partial charge on any atom is 0.204 e. The average Bonchev–Trinajstić information content (AvgIpc) is 3.29. The highest BCUT2D eigenvalue weighted by Crippen LogP contribution is 2.24. The summed E-state index contributed by atoms with van der Waals surface area (Å²) in [5.41, 5.74) is 5.46. The second-order valence-electron chi connectivity index (χ2n) is 6.68. The van der Waals surface area contributed by atoms with Crippen LogP contribution in [0, 0.1) is 6.92 Å². The van der Waals surface area contributed by atoms with Crippen LogP contribution in [-0.4, -0.2) is 26.0 Å². The van der Waals surface area contributed by atoms with Crippen molar-refractivity contribution in [2.45, 2.75) is 39.2 Å². The van der Waals surface area contributed by atoms with Gasteiger partial charge < -0.3 is 0 Å². The van der Waals surface area contributed by atoms with E-state index in [9.17, 15) is 4.79 Å². The third kappa shape index (κ3) is 2.97. The molecule has 1 aliphatic carbocycles. The second-order valence-corrected chi connectivity index (χ2v) is 6.68. The molecule has 0 amide bonds. The first kappa shape index (κ1) is 15.7. The van der Waals surface area contributed by atoms with E-state index in [1.807, 2.05) is 50.2 Å². The van der Waals surface area contributed by atoms with Crippen LogP contribution in [-0.2, 0) is 12.8 Å². The molecule has 0 radical (unpaired) electrons. The number of tetrazole rings is 1. The molecule has 2 aromatic carbocycles. The number of carbonyl (C=O) groups is 1. The van der Waals surface area contributed by atoms with E-state index in [0.29, 0.717) is 5.82 Å². The maximum atomic E-state index is 12.8. The Kier molecular flexibility index (Phi) is 3.92. The maximum absolute atomic E-state index is 12.8. The number of fused-ring (bicyclic) bond motifs is 1. The van der Waals surface area contributed by atoms with Gasteiger partial charge in [0.2, 0.25) is 5.82 Å². The lowest BCUT2D eigenvalue weighted by atomic mass is 10.0. The first-order valence-electron chi connectivity index (χ1n) is 8.64. The summed E-state index contributed by atoms with van der Waals surface area (Å²) in [6.07, 6.45) is 3.35. The van der Waals surface area contributed by atoms with Gasteiger partial charge in [-0.15, -0.1) is 10.2 Å². The highest BCUT2D eigenvalue weighted by atomic mass is 16.1. The van der Waals surface area contributed by atoms with Gasteiger partial charge >= 0.3 is 0 Å². The predicted molar refractivity (Wildman–Crippen MR) is 95.5 cm³/mol. The molecule has 0 spiro atoms. The molecule has 0 bridgehead atoms. The van der Waals surface area contributed by atoms with E-state index in [0.717, 1.165) is 24.0 Å². The number of Topliss-reactive ketones (excluding diaryl/α,β-unsaturated/α-hetero) is 1. The summed E-state index contributed by atoms with van der Waals surface area (Å²) < 4.78 is 0. The van der Waals surface area contributed by atoms with Crippen molar-refractivity contribution in [1.29, 1.82) is 0 Å². The van der Waals surface area contributed by atoms with Crippen LogP contribution in [0.5, 0.6) is 0 Å². The summed E-state index contributed by atoms with van der Waals surface area (Å²) in [5, 5.41) is 12.6. The van der Waals surface area contributed by atoms with Gasteiger partial charge in [-0.05, 0) is 55.5 Å². The number of nitrogens with zero attached hydrogens (tertiary/aromatic N) is 4. The first-order chi connectivity index (χ1) is 12.1. The van der Waals surface area contributed by atoms with Crippen molar-refractivity contribution in [3.63, 3.8) is 0 Å². The van der Waals surface area contributed by atoms with Crippen molar-refractivity contribution < 1.29 is 4.79 Å².